The first-order valence-corrected chi connectivity index (χ1v) is 12.7. The van der Waals surface area contributed by atoms with Crippen LogP contribution in [0.5, 0.6) is 23.0 Å². The largest absolute Gasteiger partial charge is 0.508 e. The first kappa shape index (κ1) is 23.8. The maximum absolute atomic E-state index is 10.2. The van der Waals surface area contributed by atoms with Gasteiger partial charge in [0.25, 0.3) is 0 Å². The van der Waals surface area contributed by atoms with Crippen LogP contribution in [-0.2, 0) is 5.41 Å². The molecule has 1 fully saturated rings. The lowest BCUT2D eigenvalue weighted by Crippen LogP contribution is -2.44. The van der Waals surface area contributed by atoms with E-state index in [1.54, 1.807) is 48.5 Å². The summed E-state index contributed by atoms with van der Waals surface area (Å²) in [5, 5.41) is 40.6. The molecule has 0 aliphatic heterocycles. The molecule has 0 unspecified atom stereocenters. The highest BCUT2D eigenvalue weighted by Gasteiger charge is 2.49. The SMILES string of the molecule is Oc1ccc(C(c2ccc(O)cc2)C(c2ccc(O)cc2)(c2ccc(O)cc2)C2CCCCC2)cc1. The van der Waals surface area contributed by atoms with Crippen molar-refractivity contribution >= 4 is 0 Å². The van der Waals surface area contributed by atoms with Gasteiger partial charge in [-0.15, -0.1) is 0 Å². The molecule has 4 N–H and O–H groups in total. The van der Waals surface area contributed by atoms with Gasteiger partial charge in [-0.3, -0.25) is 0 Å². The summed E-state index contributed by atoms with van der Waals surface area (Å²) in [7, 11) is 0. The summed E-state index contributed by atoms with van der Waals surface area (Å²) < 4.78 is 0. The van der Waals surface area contributed by atoms with Crippen LogP contribution in [0.15, 0.2) is 97.1 Å². The van der Waals surface area contributed by atoms with Gasteiger partial charge in [-0.1, -0.05) is 67.8 Å². The van der Waals surface area contributed by atoms with E-state index in [-0.39, 0.29) is 34.8 Å². The third kappa shape index (κ3) is 4.39. The predicted molar refractivity (Wildman–Crippen MR) is 142 cm³/mol. The lowest BCUT2D eigenvalue weighted by Gasteiger charge is -2.49. The van der Waals surface area contributed by atoms with E-state index in [4.69, 9.17) is 0 Å². The molecule has 5 rings (SSSR count). The molecule has 4 heteroatoms. The zero-order valence-corrected chi connectivity index (χ0v) is 20.2. The third-order valence-electron chi connectivity index (χ3n) is 7.85. The molecule has 4 aromatic rings. The van der Waals surface area contributed by atoms with Crippen molar-refractivity contribution in [1.29, 1.82) is 0 Å². The van der Waals surface area contributed by atoms with Crippen molar-refractivity contribution < 1.29 is 20.4 Å². The van der Waals surface area contributed by atoms with Crippen LogP contribution in [0.2, 0.25) is 0 Å². The molecule has 1 aliphatic carbocycles. The highest BCUT2D eigenvalue weighted by molar-refractivity contribution is 5.53. The van der Waals surface area contributed by atoms with E-state index in [1.807, 2.05) is 48.5 Å². The Labute approximate surface area is 212 Å². The van der Waals surface area contributed by atoms with E-state index in [0.717, 1.165) is 47.9 Å². The molecule has 0 radical (unpaired) electrons. The summed E-state index contributed by atoms with van der Waals surface area (Å²) >= 11 is 0. The number of aromatic hydroxyl groups is 4. The normalized spacial score (nSPS) is 14.7. The topological polar surface area (TPSA) is 80.9 Å². The molecule has 0 aromatic heterocycles. The molecule has 1 aliphatic rings. The van der Waals surface area contributed by atoms with Gasteiger partial charge in [0.2, 0.25) is 0 Å². The summed E-state index contributed by atoms with van der Waals surface area (Å²) in [6.07, 6.45) is 5.59. The lowest BCUT2D eigenvalue weighted by molar-refractivity contribution is 0.217. The van der Waals surface area contributed by atoms with E-state index in [2.05, 4.69) is 0 Å². The van der Waals surface area contributed by atoms with Crippen LogP contribution in [0.4, 0.5) is 0 Å². The van der Waals surface area contributed by atoms with Crippen molar-refractivity contribution in [2.45, 2.75) is 43.4 Å². The van der Waals surface area contributed by atoms with Gasteiger partial charge in [-0.25, -0.2) is 0 Å². The van der Waals surface area contributed by atoms with Crippen molar-refractivity contribution in [2.75, 3.05) is 0 Å². The van der Waals surface area contributed by atoms with E-state index >= 15 is 0 Å². The van der Waals surface area contributed by atoms with Crippen molar-refractivity contribution in [2.24, 2.45) is 5.92 Å². The van der Waals surface area contributed by atoms with Gasteiger partial charge in [0.05, 0.1) is 0 Å². The highest BCUT2D eigenvalue weighted by atomic mass is 16.3. The molecular formula is C32H32O4. The second-order valence-corrected chi connectivity index (χ2v) is 9.91. The molecule has 0 saturated heterocycles. The molecule has 0 spiro atoms. The van der Waals surface area contributed by atoms with Gasteiger partial charge >= 0.3 is 0 Å². The fourth-order valence-electron chi connectivity index (χ4n) is 6.29. The van der Waals surface area contributed by atoms with E-state index < -0.39 is 5.41 Å². The minimum absolute atomic E-state index is 0.157. The van der Waals surface area contributed by atoms with Gasteiger partial charge in [0.15, 0.2) is 0 Å². The second kappa shape index (κ2) is 9.98. The Morgan fingerprint density at radius 3 is 1.17 bits per heavy atom. The third-order valence-corrected chi connectivity index (χ3v) is 7.85. The van der Waals surface area contributed by atoms with Gasteiger partial charge in [-0.05, 0) is 89.5 Å². The average molecular weight is 481 g/mol. The van der Waals surface area contributed by atoms with Crippen LogP contribution in [0.3, 0.4) is 0 Å². The van der Waals surface area contributed by atoms with Crippen LogP contribution in [0.1, 0.15) is 60.3 Å². The number of benzene rings is 4. The number of phenolic OH excluding ortho intramolecular Hbond substituents is 4. The number of rotatable bonds is 6. The quantitative estimate of drug-likeness (QED) is 0.235. The van der Waals surface area contributed by atoms with Crippen LogP contribution in [0.25, 0.3) is 0 Å². The molecular weight excluding hydrogens is 448 g/mol. The summed E-state index contributed by atoms with van der Waals surface area (Å²) in [5.74, 6) is 0.978. The van der Waals surface area contributed by atoms with Gasteiger partial charge in [0, 0.05) is 11.3 Å². The zero-order valence-electron chi connectivity index (χ0n) is 20.2. The van der Waals surface area contributed by atoms with Gasteiger partial charge in [0.1, 0.15) is 23.0 Å². The zero-order chi connectivity index (χ0) is 25.1. The summed E-state index contributed by atoms with van der Waals surface area (Å²) in [6.45, 7) is 0. The maximum Gasteiger partial charge on any atom is 0.115 e. The smallest absolute Gasteiger partial charge is 0.115 e. The number of hydrogen-bond donors (Lipinski definition) is 4. The Hall–Kier alpha value is -3.92. The molecule has 184 valence electrons. The number of hydrogen-bond acceptors (Lipinski definition) is 4. The molecule has 0 heterocycles. The predicted octanol–water partition coefficient (Wildman–Crippen LogP) is 7.21. The first-order chi connectivity index (χ1) is 17.5. The van der Waals surface area contributed by atoms with Crippen LogP contribution >= 0.6 is 0 Å². The lowest BCUT2D eigenvalue weighted by atomic mass is 9.53. The molecule has 36 heavy (non-hydrogen) atoms. The second-order valence-electron chi connectivity index (χ2n) is 9.91. The number of phenols is 4. The van der Waals surface area contributed by atoms with E-state index in [1.165, 1.54) is 6.42 Å². The van der Waals surface area contributed by atoms with Crippen molar-refractivity contribution in [3.63, 3.8) is 0 Å². The Kier molecular flexibility index (Phi) is 6.60. The molecule has 1 saturated carbocycles. The highest BCUT2D eigenvalue weighted by Crippen LogP contribution is 2.56. The van der Waals surface area contributed by atoms with Crippen LogP contribution in [-0.4, -0.2) is 20.4 Å². The molecule has 4 aromatic carbocycles. The Morgan fingerprint density at radius 2 is 0.806 bits per heavy atom. The van der Waals surface area contributed by atoms with E-state index in [0.29, 0.717) is 0 Å². The van der Waals surface area contributed by atoms with Crippen molar-refractivity contribution in [3.8, 4) is 23.0 Å². The summed E-state index contributed by atoms with van der Waals surface area (Å²) in [6, 6.07) is 29.9. The van der Waals surface area contributed by atoms with Gasteiger partial charge < -0.3 is 20.4 Å². The van der Waals surface area contributed by atoms with Gasteiger partial charge in [-0.2, -0.15) is 0 Å². The fourth-order valence-corrected chi connectivity index (χ4v) is 6.29. The Morgan fingerprint density at radius 1 is 0.472 bits per heavy atom. The molecule has 0 bridgehead atoms. The van der Waals surface area contributed by atoms with Crippen LogP contribution in [0, 0.1) is 5.92 Å². The van der Waals surface area contributed by atoms with Crippen molar-refractivity contribution in [1.82, 2.24) is 0 Å². The Bertz CT molecular complexity index is 1180. The summed E-state index contributed by atoms with van der Waals surface area (Å²) in [4.78, 5) is 0. The minimum atomic E-state index is -0.532. The van der Waals surface area contributed by atoms with Crippen molar-refractivity contribution in [3.05, 3.63) is 119 Å². The molecule has 0 atom stereocenters. The summed E-state index contributed by atoms with van der Waals surface area (Å²) in [5.41, 5.74) is 3.74. The van der Waals surface area contributed by atoms with E-state index in [9.17, 15) is 20.4 Å². The maximum atomic E-state index is 10.2. The minimum Gasteiger partial charge on any atom is -0.508 e. The monoisotopic (exact) mass is 480 g/mol. The molecule has 0 amide bonds. The fraction of sp³-hybridized carbons (Fsp3) is 0.250. The average Bonchev–Trinajstić information content (AvgIpc) is 2.91. The first-order valence-electron chi connectivity index (χ1n) is 12.7. The Balaban J connectivity index is 1.88. The van der Waals surface area contributed by atoms with Crippen LogP contribution < -0.4 is 0 Å². The standard InChI is InChI=1S/C32H32O4/c33-27-14-6-22(7-15-27)31(23-8-16-28(34)17-9-23)32(24-4-2-1-3-5-24,25-10-18-29(35)19-11-25)26-12-20-30(36)21-13-26/h6-21,24,31,33-36H,1-5H2. The molecule has 4 nitrogen and oxygen atoms in total.